The van der Waals surface area contributed by atoms with Gasteiger partial charge in [-0.1, -0.05) is 0 Å². The summed E-state index contributed by atoms with van der Waals surface area (Å²) in [6.07, 6.45) is 2.30. The molecule has 2 heterocycles. The van der Waals surface area contributed by atoms with E-state index in [-0.39, 0.29) is 23.0 Å². The van der Waals surface area contributed by atoms with E-state index < -0.39 is 21.7 Å². The number of hydrogen-bond acceptors (Lipinski definition) is 3. The van der Waals surface area contributed by atoms with Gasteiger partial charge < -0.3 is 4.90 Å². The number of carbonyl (C=O) groups is 1. The number of hydrogen-bond donors (Lipinski definition) is 0. The van der Waals surface area contributed by atoms with Gasteiger partial charge in [-0.15, -0.1) is 0 Å². The zero-order valence-corrected chi connectivity index (χ0v) is 15.3. The van der Waals surface area contributed by atoms with Crippen LogP contribution in [0.25, 0.3) is 0 Å². The molecule has 142 valence electrons. The van der Waals surface area contributed by atoms with Crippen LogP contribution in [0.3, 0.4) is 0 Å². The Balaban J connectivity index is 1.68. The summed E-state index contributed by atoms with van der Waals surface area (Å²) < 4.78 is 54.5. The van der Waals surface area contributed by atoms with Gasteiger partial charge in [0.1, 0.15) is 0 Å². The third kappa shape index (κ3) is 3.07. The first-order chi connectivity index (χ1) is 12.9. The number of fused-ring (bicyclic) bond motifs is 1. The van der Waals surface area contributed by atoms with E-state index >= 15 is 0 Å². The van der Waals surface area contributed by atoms with Gasteiger partial charge in [-0.05, 0) is 55.2 Å². The summed E-state index contributed by atoms with van der Waals surface area (Å²) in [7, 11) is -3.92. The average molecular weight is 392 g/mol. The Morgan fingerprint density at radius 1 is 0.889 bits per heavy atom. The van der Waals surface area contributed by atoms with E-state index in [1.165, 1.54) is 12.1 Å². The molecular formula is C19H18F2N2O3S. The topological polar surface area (TPSA) is 57.7 Å². The Kier molecular flexibility index (Phi) is 4.38. The SMILES string of the molecule is O=C1CCCN1c1ccc(S(=O)(=O)N2CCCc3cc(F)c(F)cc32)cc1. The fraction of sp³-hybridized carbons (Fsp3) is 0.316. The second kappa shape index (κ2) is 6.60. The van der Waals surface area contributed by atoms with E-state index in [0.717, 1.165) is 22.9 Å². The summed E-state index contributed by atoms with van der Waals surface area (Å²) in [6.45, 7) is 0.821. The van der Waals surface area contributed by atoms with Crippen LogP contribution in [-0.2, 0) is 21.2 Å². The third-order valence-electron chi connectivity index (χ3n) is 5.01. The Labute approximate surface area is 156 Å². The van der Waals surface area contributed by atoms with Gasteiger partial charge in [0.2, 0.25) is 5.91 Å². The molecule has 0 N–H and O–H groups in total. The normalized spacial score (nSPS) is 17.3. The monoisotopic (exact) mass is 392 g/mol. The summed E-state index contributed by atoms with van der Waals surface area (Å²) in [4.78, 5) is 13.5. The number of anilines is 2. The average Bonchev–Trinajstić information content (AvgIpc) is 3.08. The molecule has 8 heteroatoms. The van der Waals surface area contributed by atoms with Crippen LogP contribution in [0.4, 0.5) is 20.2 Å². The van der Waals surface area contributed by atoms with Crippen LogP contribution < -0.4 is 9.21 Å². The van der Waals surface area contributed by atoms with Gasteiger partial charge in [0.15, 0.2) is 11.6 Å². The third-order valence-corrected chi connectivity index (χ3v) is 6.83. The molecule has 2 aliphatic rings. The van der Waals surface area contributed by atoms with Gasteiger partial charge in [-0.3, -0.25) is 9.10 Å². The van der Waals surface area contributed by atoms with Crippen molar-refractivity contribution in [3.05, 3.63) is 53.6 Å². The Bertz CT molecular complexity index is 1010. The predicted octanol–water partition coefficient (Wildman–Crippen LogP) is 3.23. The quantitative estimate of drug-likeness (QED) is 0.806. The lowest BCUT2D eigenvalue weighted by Gasteiger charge is -2.30. The fourth-order valence-electron chi connectivity index (χ4n) is 3.64. The molecule has 0 bridgehead atoms. The zero-order chi connectivity index (χ0) is 19.2. The molecule has 1 fully saturated rings. The van der Waals surface area contributed by atoms with Crippen LogP contribution in [-0.4, -0.2) is 27.4 Å². The maximum atomic E-state index is 13.7. The largest absolute Gasteiger partial charge is 0.312 e. The maximum Gasteiger partial charge on any atom is 0.264 e. The highest BCUT2D eigenvalue weighted by Gasteiger charge is 2.31. The number of sulfonamides is 1. The number of nitrogens with zero attached hydrogens (tertiary/aromatic N) is 2. The van der Waals surface area contributed by atoms with Gasteiger partial charge in [0.25, 0.3) is 10.0 Å². The first-order valence-corrected chi connectivity index (χ1v) is 10.2. The van der Waals surface area contributed by atoms with Gasteiger partial charge >= 0.3 is 0 Å². The van der Waals surface area contributed by atoms with E-state index in [1.807, 2.05) is 0 Å². The van der Waals surface area contributed by atoms with Crippen molar-refractivity contribution in [1.82, 2.24) is 0 Å². The van der Waals surface area contributed by atoms with Crippen LogP contribution in [0.5, 0.6) is 0 Å². The molecule has 0 spiro atoms. The zero-order valence-electron chi connectivity index (χ0n) is 14.5. The van der Waals surface area contributed by atoms with Crippen LogP contribution in [0.2, 0.25) is 0 Å². The number of halogens is 2. The number of benzene rings is 2. The van der Waals surface area contributed by atoms with Crippen molar-refractivity contribution in [3.63, 3.8) is 0 Å². The van der Waals surface area contributed by atoms with Crippen LogP contribution >= 0.6 is 0 Å². The molecule has 27 heavy (non-hydrogen) atoms. The fourth-order valence-corrected chi connectivity index (χ4v) is 5.17. The minimum Gasteiger partial charge on any atom is -0.312 e. The first-order valence-electron chi connectivity index (χ1n) is 8.79. The number of carbonyl (C=O) groups excluding carboxylic acids is 1. The summed E-state index contributed by atoms with van der Waals surface area (Å²) in [5.74, 6) is -2.03. The molecular weight excluding hydrogens is 374 g/mol. The Hall–Kier alpha value is -2.48. The van der Waals surface area contributed by atoms with E-state index in [9.17, 15) is 22.0 Å². The van der Waals surface area contributed by atoms with Crippen molar-refractivity contribution in [1.29, 1.82) is 0 Å². The minimum absolute atomic E-state index is 0.0214. The van der Waals surface area contributed by atoms with Crippen molar-refractivity contribution >= 4 is 27.3 Å². The summed E-state index contributed by atoms with van der Waals surface area (Å²) >= 11 is 0. The second-order valence-electron chi connectivity index (χ2n) is 6.72. The molecule has 2 aromatic rings. The molecule has 0 aromatic heterocycles. The molecule has 0 aliphatic carbocycles. The maximum absolute atomic E-state index is 13.7. The molecule has 2 aliphatic heterocycles. The number of rotatable bonds is 3. The highest BCUT2D eigenvalue weighted by Crippen LogP contribution is 2.34. The van der Waals surface area contributed by atoms with Crippen LogP contribution in [0.15, 0.2) is 41.3 Å². The predicted molar refractivity (Wildman–Crippen MR) is 97.2 cm³/mol. The smallest absolute Gasteiger partial charge is 0.264 e. The first kappa shape index (κ1) is 17.9. The lowest BCUT2D eigenvalue weighted by atomic mass is 10.0. The Morgan fingerprint density at radius 3 is 2.22 bits per heavy atom. The van der Waals surface area contributed by atoms with Crippen molar-refractivity contribution in [2.45, 2.75) is 30.6 Å². The molecule has 0 atom stereocenters. The van der Waals surface area contributed by atoms with Gasteiger partial charge in [-0.2, -0.15) is 0 Å². The van der Waals surface area contributed by atoms with Crippen molar-refractivity contribution in [2.24, 2.45) is 0 Å². The summed E-state index contributed by atoms with van der Waals surface area (Å²) in [5, 5.41) is 0. The van der Waals surface area contributed by atoms with Crippen molar-refractivity contribution in [3.8, 4) is 0 Å². The van der Waals surface area contributed by atoms with Gasteiger partial charge in [-0.25, -0.2) is 17.2 Å². The minimum atomic E-state index is -3.92. The Morgan fingerprint density at radius 2 is 1.56 bits per heavy atom. The van der Waals surface area contributed by atoms with E-state index in [4.69, 9.17) is 0 Å². The van der Waals surface area contributed by atoms with Crippen molar-refractivity contribution in [2.75, 3.05) is 22.3 Å². The molecule has 0 unspecified atom stereocenters. The highest BCUT2D eigenvalue weighted by molar-refractivity contribution is 7.92. The van der Waals surface area contributed by atoms with Gasteiger partial charge in [0, 0.05) is 31.3 Å². The van der Waals surface area contributed by atoms with E-state index in [2.05, 4.69) is 0 Å². The van der Waals surface area contributed by atoms with E-state index in [0.29, 0.717) is 37.1 Å². The molecule has 4 rings (SSSR count). The lowest BCUT2D eigenvalue weighted by molar-refractivity contribution is -0.117. The molecule has 2 aromatic carbocycles. The number of amides is 1. The molecule has 1 amide bonds. The second-order valence-corrected chi connectivity index (χ2v) is 8.58. The molecule has 1 saturated heterocycles. The summed E-state index contributed by atoms with van der Waals surface area (Å²) in [6, 6.07) is 8.11. The number of aryl methyl sites for hydroxylation is 1. The molecule has 0 radical (unpaired) electrons. The van der Waals surface area contributed by atoms with Gasteiger partial charge in [0.05, 0.1) is 10.6 Å². The van der Waals surface area contributed by atoms with Crippen LogP contribution in [0.1, 0.15) is 24.8 Å². The lowest BCUT2D eigenvalue weighted by Crippen LogP contribution is -2.35. The van der Waals surface area contributed by atoms with E-state index in [1.54, 1.807) is 17.0 Å². The summed E-state index contributed by atoms with van der Waals surface area (Å²) in [5.41, 5.74) is 1.31. The standard InChI is InChI=1S/C19H18F2N2O3S/c20-16-11-13-3-1-10-23(18(13)12-17(16)21)27(25,26)15-7-5-14(6-8-15)22-9-2-4-19(22)24/h5-8,11-12H,1-4,9-10H2. The molecule has 5 nitrogen and oxygen atoms in total. The van der Waals surface area contributed by atoms with Crippen molar-refractivity contribution < 1.29 is 22.0 Å². The highest BCUT2D eigenvalue weighted by atomic mass is 32.2. The molecule has 0 saturated carbocycles. The van der Waals surface area contributed by atoms with Crippen LogP contribution in [0, 0.1) is 11.6 Å².